The maximum atomic E-state index is 12.8. The zero-order valence-corrected chi connectivity index (χ0v) is 14.4. The van der Waals surface area contributed by atoms with Crippen molar-refractivity contribution in [1.82, 2.24) is 10.3 Å². The molecule has 0 fully saturated rings. The molecule has 1 aromatic heterocycles. The predicted molar refractivity (Wildman–Crippen MR) is 98.0 cm³/mol. The first-order valence-electron chi connectivity index (χ1n) is 7.79. The summed E-state index contributed by atoms with van der Waals surface area (Å²) < 4.78 is 5.26. The molecule has 3 rings (SSSR count). The summed E-state index contributed by atoms with van der Waals surface area (Å²) in [7, 11) is 1.49. The van der Waals surface area contributed by atoms with Gasteiger partial charge in [0.2, 0.25) is 0 Å². The van der Waals surface area contributed by atoms with E-state index in [0.717, 1.165) is 11.1 Å². The molecule has 0 saturated heterocycles. The Morgan fingerprint density at radius 1 is 1.04 bits per heavy atom. The van der Waals surface area contributed by atoms with Crippen molar-refractivity contribution in [3.63, 3.8) is 0 Å². The lowest BCUT2D eigenvalue weighted by molar-refractivity contribution is 0.0939. The Morgan fingerprint density at radius 3 is 2.12 bits per heavy atom. The highest BCUT2D eigenvalue weighted by Crippen LogP contribution is 2.25. The summed E-state index contributed by atoms with van der Waals surface area (Å²) in [4.78, 5) is 16.8. The number of hydrogen-bond acceptors (Lipinski definition) is 3. The highest BCUT2D eigenvalue weighted by Gasteiger charge is 2.20. The smallest absolute Gasteiger partial charge is 0.257 e. The Hall–Kier alpha value is -2.85. The quantitative estimate of drug-likeness (QED) is 0.698. The average molecular weight is 353 g/mol. The summed E-state index contributed by atoms with van der Waals surface area (Å²) in [5.41, 5.74) is 2.31. The van der Waals surface area contributed by atoms with E-state index in [4.69, 9.17) is 16.3 Å². The molecule has 0 saturated carbocycles. The van der Waals surface area contributed by atoms with E-state index in [0.29, 0.717) is 11.3 Å². The summed E-state index contributed by atoms with van der Waals surface area (Å²) in [5, 5.41) is 3.33. The Labute approximate surface area is 151 Å². The molecule has 25 heavy (non-hydrogen) atoms. The van der Waals surface area contributed by atoms with E-state index >= 15 is 0 Å². The number of aromatic nitrogens is 1. The van der Waals surface area contributed by atoms with Crippen molar-refractivity contribution in [1.29, 1.82) is 0 Å². The number of carbonyl (C=O) groups excluding carboxylic acids is 1. The van der Waals surface area contributed by atoms with E-state index in [1.807, 2.05) is 60.7 Å². The van der Waals surface area contributed by atoms with Crippen LogP contribution in [0.2, 0.25) is 5.15 Å². The number of amides is 1. The van der Waals surface area contributed by atoms with E-state index in [2.05, 4.69) is 10.3 Å². The monoisotopic (exact) mass is 352 g/mol. The molecule has 0 radical (unpaired) electrons. The van der Waals surface area contributed by atoms with Gasteiger partial charge in [-0.15, -0.1) is 0 Å². The van der Waals surface area contributed by atoms with Crippen LogP contribution in [0.3, 0.4) is 0 Å². The Bertz CT molecular complexity index is 815. The number of ether oxygens (including phenoxy) is 1. The van der Waals surface area contributed by atoms with Gasteiger partial charge in [0.1, 0.15) is 10.9 Å². The lowest BCUT2D eigenvalue weighted by atomic mass is 9.98. The second-order valence-corrected chi connectivity index (χ2v) is 5.82. The van der Waals surface area contributed by atoms with Crippen LogP contribution in [0.4, 0.5) is 0 Å². The topological polar surface area (TPSA) is 51.2 Å². The number of benzene rings is 2. The first-order chi connectivity index (χ1) is 12.2. The van der Waals surface area contributed by atoms with Gasteiger partial charge in [-0.2, -0.15) is 0 Å². The normalized spacial score (nSPS) is 10.5. The first-order valence-corrected chi connectivity index (χ1v) is 8.17. The van der Waals surface area contributed by atoms with Crippen LogP contribution >= 0.6 is 11.6 Å². The number of carbonyl (C=O) groups is 1. The molecule has 0 spiro atoms. The molecule has 4 nitrogen and oxygen atoms in total. The minimum absolute atomic E-state index is 0.274. The molecule has 0 bridgehead atoms. The van der Waals surface area contributed by atoms with E-state index in [-0.39, 0.29) is 17.1 Å². The fraction of sp³-hybridized carbons (Fsp3) is 0.100. The maximum Gasteiger partial charge on any atom is 0.257 e. The van der Waals surface area contributed by atoms with Crippen LogP contribution in [0, 0.1) is 0 Å². The molecule has 1 heterocycles. The number of methoxy groups -OCH3 is 1. The molecule has 1 amide bonds. The third kappa shape index (κ3) is 3.98. The number of pyridine rings is 1. The van der Waals surface area contributed by atoms with E-state index in [1.54, 1.807) is 0 Å². The molecule has 0 unspecified atom stereocenters. The van der Waals surface area contributed by atoms with Gasteiger partial charge in [0.05, 0.1) is 18.7 Å². The number of hydrogen-bond donors (Lipinski definition) is 1. The van der Waals surface area contributed by atoms with Crippen molar-refractivity contribution >= 4 is 17.5 Å². The summed E-state index contributed by atoms with van der Waals surface area (Å²) in [6.07, 6.45) is 1.42. The molecule has 0 atom stereocenters. The van der Waals surface area contributed by atoms with Crippen molar-refractivity contribution in [2.24, 2.45) is 0 Å². The molecular formula is C20H17ClN2O2. The number of halogens is 1. The zero-order valence-electron chi connectivity index (χ0n) is 13.6. The van der Waals surface area contributed by atoms with Gasteiger partial charge in [0, 0.05) is 12.3 Å². The molecule has 0 aliphatic carbocycles. The molecular weight excluding hydrogens is 336 g/mol. The number of nitrogens with zero attached hydrogens (tertiary/aromatic N) is 1. The standard InChI is InChI=1S/C20H17ClN2O2/c1-25-17-12-18(21)22-13-16(17)20(24)23-19(14-8-4-2-5-9-14)15-10-6-3-7-11-15/h2-13,19H,1H3,(H,23,24). The average Bonchev–Trinajstić information content (AvgIpc) is 2.67. The van der Waals surface area contributed by atoms with E-state index in [9.17, 15) is 4.79 Å². The summed E-state index contributed by atoms with van der Waals surface area (Å²) >= 11 is 5.87. The van der Waals surface area contributed by atoms with Gasteiger partial charge >= 0.3 is 0 Å². The van der Waals surface area contributed by atoms with Crippen LogP contribution in [0.15, 0.2) is 72.9 Å². The highest BCUT2D eigenvalue weighted by atomic mass is 35.5. The van der Waals surface area contributed by atoms with Crippen LogP contribution < -0.4 is 10.1 Å². The number of rotatable bonds is 5. The first kappa shape index (κ1) is 17.0. The van der Waals surface area contributed by atoms with Gasteiger partial charge < -0.3 is 10.1 Å². The second-order valence-electron chi connectivity index (χ2n) is 5.44. The fourth-order valence-corrected chi connectivity index (χ4v) is 2.76. The van der Waals surface area contributed by atoms with Gasteiger partial charge in [-0.3, -0.25) is 4.79 Å². The summed E-state index contributed by atoms with van der Waals surface area (Å²) in [6.45, 7) is 0. The SMILES string of the molecule is COc1cc(Cl)ncc1C(=O)NC(c1ccccc1)c1ccccc1. The van der Waals surface area contributed by atoms with Crippen LogP contribution in [0.25, 0.3) is 0 Å². The van der Waals surface area contributed by atoms with Crippen molar-refractivity contribution in [3.8, 4) is 5.75 Å². The molecule has 5 heteroatoms. The predicted octanol–water partition coefficient (Wildman–Crippen LogP) is 4.26. The highest BCUT2D eigenvalue weighted by molar-refractivity contribution is 6.29. The third-order valence-electron chi connectivity index (χ3n) is 3.84. The molecule has 2 aromatic carbocycles. The van der Waals surface area contributed by atoms with Crippen LogP contribution in [-0.2, 0) is 0 Å². The van der Waals surface area contributed by atoms with Gasteiger partial charge in [0.15, 0.2) is 0 Å². The molecule has 3 aromatic rings. The number of nitrogens with one attached hydrogen (secondary N) is 1. The maximum absolute atomic E-state index is 12.8. The van der Waals surface area contributed by atoms with Crippen LogP contribution in [0.1, 0.15) is 27.5 Å². The summed E-state index contributed by atoms with van der Waals surface area (Å²) in [5.74, 6) is 0.107. The largest absolute Gasteiger partial charge is 0.496 e. The van der Waals surface area contributed by atoms with Crippen molar-refractivity contribution in [2.75, 3.05) is 7.11 Å². The fourth-order valence-electron chi connectivity index (χ4n) is 2.61. The van der Waals surface area contributed by atoms with Gasteiger partial charge in [-0.25, -0.2) is 4.98 Å². The van der Waals surface area contributed by atoms with Gasteiger partial charge in [0.25, 0.3) is 5.91 Å². The third-order valence-corrected chi connectivity index (χ3v) is 4.05. The summed E-state index contributed by atoms with van der Waals surface area (Å²) in [6, 6.07) is 20.8. The Balaban J connectivity index is 1.95. The lowest BCUT2D eigenvalue weighted by Crippen LogP contribution is -2.29. The minimum Gasteiger partial charge on any atom is -0.496 e. The molecule has 1 N–H and O–H groups in total. The molecule has 126 valence electrons. The second kappa shape index (κ2) is 7.81. The van der Waals surface area contributed by atoms with Crippen molar-refractivity contribution in [3.05, 3.63) is 94.8 Å². The van der Waals surface area contributed by atoms with Crippen molar-refractivity contribution < 1.29 is 9.53 Å². The van der Waals surface area contributed by atoms with E-state index < -0.39 is 0 Å². The minimum atomic E-state index is -0.282. The Morgan fingerprint density at radius 2 is 1.60 bits per heavy atom. The lowest BCUT2D eigenvalue weighted by Gasteiger charge is -2.20. The van der Waals surface area contributed by atoms with Crippen molar-refractivity contribution in [2.45, 2.75) is 6.04 Å². The van der Waals surface area contributed by atoms with Gasteiger partial charge in [-0.05, 0) is 11.1 Å². The Kier molecular flexibility index (Phi) is 5.31. The van der Waals surface area contributed by atoms with Crippen LogP contribution in [-0.4, -0.2) is 18.0 Å². The molecule has 0 aliphatic rings. The van der Waals surface area contributed by atoms with Gasteiger partial charge in [-0.1, -0.05) is 72.3 Å². The van der Waals surface area contributed by atoms with E-state index in [1.165, 1.54) is 19.4 Å². The zero-order chi connectivity index (χ0) is 17.6. The van der Waals surface area contributed by atoms with Crippen LogP contribution in [0.5, 0.6) is 5.75 Å². The molecule has 0 aliphatic heterocycles.